The summed E-state index contributed by atoms with van der Waals surface area (Å²) < 4.78 is 1.80. The number of hydrogen-bond donors (Lipinski definition) is 2. The number of nitrogens with one attached hydrogen (secondary N) is 2. The van der Waals surface area contributed by atoms with Gasteiger partial charge in [-0.2, -0.15) is 10.2 Å². The lowest BCUT2D eigenvalue weighted by Crippen LogP contribution is -2.12. The maximum Gasteiger partial charge on any atom is 0.275 e. The van der Waals surface area contributed by atoms with E-state index in [-0.39, 0.29) is 5.91 Å². The molecule has 0 saturated carbocycles. The summed E-state index contributed by atoms with van der Waals surface area (Å²) in [7, 11) is 1.88. The van der Waals surface area contributed by atoms with Crippen LogP contribution in [0.4, 0.5) is 5.13 Å². The zero-order chi connectivity index (χ0) is 19.0. The Kier molecular flexibility index (Phi) is 4.28. The summed E-state index contributed by atoms with van der Waals surface area (Å²) in [6, 6.07) is 5.48. The van der Waals surface area contributed by atoms with Gasteiger partial charge in [-0.05, 0) is 32.0 Å². The van der Waals surface area contributed by atoms with Crippen molar-refractivity contribution in [2.24, 2.45) is 7.05 Å². The van der Waals surface area contributed by atoms with Crippen LogP contribution in [-0.4, -0.2) is 35.9 Å². The highest BCUT2D eigenvalue weighted by Crippen LogP contribution is 2.27. The minimum atomic E-state index is -0.288. The van der Waals surface area contributed by atoms with Crippen LogP contribution in [-0.2, 0) is 7.05 Å². The molecule has 0 aliphatic rings. The molecule has 9 heteroatoms. The Morgan fingerprint density at radius 2 is 2.00 bits per heavy atom. The molecule has 4 aromatic heterocycles. The molecule has 0 aromatic carbocycles. The van der Waals surface area contributed by atoms with E-state index in [0.29, 0.717) is 16.5 Å². The zero-order valence-electron chi connectivity index (χ0n) is 15.0. The van der Waals surface area contributed by atoms with E-state index in [9.17, 15) is 4.79 Å². The number of thiazole rings is 1. The summed E-state index contributed by atoms with van der Waals surface area (Å²) in [4.78, 5) is 21.0. The molecule has 0 atom stereocenters. The Labute approximate surface area is 159 Å². The average Bonchev–Trinajstić information content (AvgIpc) is 3.37. The molecule has 0 aliphatic heterocycles. The number of H-pyrrole nitrogens is 1. The Morgan fingerprint density at radius 1 is 1.22 bits per heavy atom. The Morgan fingerprint density at radius 3 is 2.70 bits per heavy atom. The number of nitrogens with zero attached hydrogens (tertiary/aromatic N) is 5. The SMILES string of the molecule is Cc1nn(C)c(C)c1-c1cc(C(=O)Nc2nc(-c3ccncc3)cs2)[nH]n1. The molecule has 0 radical (unpaired) electrons. The van der Waals surface area contributed by atoms with Gasteiger partial charge in [0, 0.05) is 41.6 Å². The number of carbonyl (C=O) groups is 1. The van der Waals surface area contributed by atoms with Gasteiger partial charge in [-0.15, -0.1) is 11.3 Å². The number of carbonyl (C=O) groups excluding carboxylic acids is 1. The van der Waals surface area contributed by atoms with E-state index >= 15 is 0 Å². The molecule has 0 fully saturated rings. The Balaban J connectivity index is 1.53. The third-order valence-electron chi connectivity index (χ3n) is 4.29. The van der Waals surface area contributed by atoms with Crippen molar-refractivity contribution < 1.29 is 4.79 Å². The van der Waals surface area contributed by atoms with Crippen LogP contribution in [0.15, 0.2) is 36.0 Å². The molecular weight excluding hydrogens is 362 g/mol. The first-order chi connectivity index (χ1) is 13.0. The van der Waals surface area contributed by atoms with E-state index in [1.165, 1.54) is 11.3 Å². The van der Waals surface area contributed by atoms with Crippen molar-refractivity contribution in [1.82, 2.24) is 29.9 Å². The van der Waals surface area contributed by atoms with E-state index in [4.69, 9.17) is 0 Å². The summed E-state index contributed by atoms with van der Waals surface area (Å²) in [6.45, 7) is 3.90. The standard InChI is InChI=1S/C18H17N7OS/c1-10-16(11(2)25(3)24-10)13-8-14(23-22-13)17(26)21-18-20-15(9-27-18)12-4-6-19-7-5-12/h4-9H,1-3H3,(H,22,23)(H,20,21,26). The average molecular weight is 379 g/mol. The van der Waals surface area contributed by atoms with Crippen LogP contribution < -0.4 is 5.32 Å². The maximum atomic E-state index is 12.5. The van der Waals surface area contributed by atoms with Gasteiger partial charge in [0.1, 0.15) is 5.69 Å². The minimum Gasteiger partial charge on any atom is -0.296 e. The smallest absolute Gasteiger partial charge is 0.275 e. The molecule has 2 N–H and O–H groups in total. The molecule has 4 rings (SSSR count). The molecule has 136 valence electrons. The summed E-state index contributed by atoms with van der Waals surface area (Å²) >= 11 is 1.37. The van der Waals surface area contributed by atoms with Crippen molar-refractivity contribution in [3.63, 3.8) is 0 Å². The van der Waals surface area contributed by atoms with E-state index in [2.05, 4.69) is 30.6 Å². The number of anilines is 1. The molecule has 8 nitrogen and oxygen atoms in total. The number of aromatic amines is 1. The first-order valence-electron chi connectivity index (χ1n) is 8.26. The summed E-state index contributed by atoms with van der Waals surface area (Å²) in [5.74, 6) is -0.288. The molecule has 0 spiro atoms. The fraction of sp³-hybridized carbons (Fsp3) is 0.167. The van der Waals surface area contributed by atoms with Crippen LogP contribution in [0.1, 0.15) is 21.9 Å². The molecular formula is C18H17N7OS. The lowest BCUT2D eigenvalue weighted by Gasteiger charge is -1.98. The van der Waals surface area contributed by atoms with Crippen LogP contribution in [0.2, 0.25) is 0 Å². The van der Waals surface area contributed by atoms with Crippen molar-refractivity contribution in [1.29, 1.82) is 0 Å². The van der Waals surface area contributed by atoms with E-state index < -0.39 is 0 Å². The highest BCUT2D eigenvalue weighted by molar-refractivity contribution is 7.14. The number of pyridine rings is 1. The number of rotatable bonds is 4. The van der Waals surface area contributed by atoms with Gasteiger partial charge in [0.2, 0.25) is 0 Å². The lowest BCUT2D eigenvalue weighted by molar-refractivity contribution is 0.102. The monoisotopic (exact) mass is 379 g/mol. The molecule has 0 unspecified atom stereocenters. The number of aromatic nitrogens is 6. The van der Waals surface area contributed by atoms with Gasteiger partial charge in [0.25, 0.3) is 5.91 Å². The predicted molar refractivity (Wildman–Crippen MR) is 104 cm³/mol. The second-order valence-electron chi connectivity index (χ2n) is 6.06. The third-order valence-corrected chi connectivity index (χ3v) is 5.05. The summed E-state index contributed by atoms with van der Waals surface area (Å²) in [5.41, 5.74) is 5.61. The van der Waals surface area contributed by atoms with E-state index in [0.717, 1.165) is 28.2 Å². The second kappa shape index (κ2) is 6.76. The zero-order valence-corrected chi connectivity index (χ0v) is 15.8. The summed E-state index contributed by atoms with van der Waals surface area (Å²) in [6.07, 6.45) is 3.42. The molecule has 0 saturated heterocycles. The van der Waals surface area contributed by atoms with Gasteiger partial charge in [0.15, 0.2) is 5.13 Å². The van der Waals surface area contributed by atoms with Crippen molar-refractivity contribution >= 4 is 22.4 Å². The maximum absolute atomic E-state index is 12.5. The lowest BCUT2D eigenvalue weighted by atomic mass is 10.1. The number of amides is 1. The van der Waals surface area contributed by atoms with Gasteiger partial charge in [0.05, 0.1) is 17.1 Å². The van der Waals surface area contributed by atoms with Gasteiger partial charge in [-0.25, -0.2) is 4.98 Å². The van der Waals surface area contributed by atoms with Crippen LogP contribution in [0.5, 0.6) is 0 Å². The first-order valence-corrected chi connectivity index (χ1v) is 9.14. The van der Waals surface area contributed by atoms with Crippen LogP contribution >= 0.6 is 11.3 Å². The van der Waals surface area contributed by atoms with Crippen molar-refractivity contribution in [3.05, 3.63) is 53.1 Å². The molecule has 4 aromatic rings. The van der Waals surface area contributed by atoms with Gasteiger partial charge < -0.3 is 0 Å². The van der Waals surface area contributed by atoms with Crippen LogP contribution in [0.25, 0.3) is 22.5 Å². The van der Waals surface area contributed by atoms with Gasteiger partial charge in [-0.1, -0.05) is 0 Å². The largest absolute Gasteiger partial charge is 0.296 e. The quantitative estimate of drug-likeness (QED) is 0.567. The van der Waals surface area contributed by atoms with Crippen molar-refractivity contribution in [2.75, 3.05) is 5.32 Å². The minimum absolute atomic E-state index is 0.288. The Bertz CT molecular complexity index is 1110. The van der Waals surface area contributed by atoms with E-state index in [1.54, 1.807) is 23.1 Å². The number of hydrogen-bond acceptors (Lipinski definition) is 6. The third kappa shape index (κ3) is 3.24. The van der Waals surface area contributed by atoms with Crippen molar-refractivity contribution in [2.45, 2.75) is 13.8 Å². The Hall–Kier alpha value is -3.33. The second-order valence-corrected chi connectivity index (χ2v) is 6.92. The number of aryl methyl sites for hydroxylation is 2. The fourth-order valence-electron chi connectivity index (χ4n) is 2.86. The highest BCUT2D eigenvalue weighted by Gasteiger charge is 2.18. The highest BCUT2D eigenvalue weighted by atomic mass is 32.1. The van der Waals surface area contributed by atoms with Crippen LogP contribution in [0, 0.1) is 13.8 Å². The fourth-order valence-corrected chi connectivity index (χ4v) is 3.58. The normalized spacial score (nSPS) is 10.9. The van der Waals surface area contributed by atoms with E-state index in [1.807, 2.05) is 38.4 Å². The molecule has 1 amide bonds. The molecule has 0 bridgehead atoms. The van der Waals surface area contributed by atoms with Crippen molar-refractivity contribution in [3.8, 4) is 22.5 Å². The molecule has 4 heterocycles. The topological polar surface area (TPSA) is 101 Å². The summed E-state index contributed by atoms with van der Waals surface area (Å²) in [5, 5.41) is 16.7. The first kappa shape index (κ1) is 17.1. The van der Waals surface area contributed by atoms with Gasteiger partial charge >= 0.3 is 0 Å². The molecule has 27 heavy (non-hydrogen) atoms. The predicted octanol–water partition coefficient (Wildman–Crippen LogP) is 3.20. The van der Waals surface area contributed by atoms with Gasteiger partial charge in [-0.3, -0.25) is 24.9 Å². The molecule has 0 aliphatic carbocycles. The van der Waals surface area contributed by atoms with Crippen LogP contribution in [0.3, 0.4) is 0 Å².